The summed E-state index contributed by atoms with van der Waals surface area (Å²) in [5.41, 5.74) is -0.890. The third kappa shape index (κ3) is 3.94. The largest absolute Gasteiger partial charge is 0.465 e. The van der Waals surface area contributed by atoms with Crippen molar-refractivity contribution < 1.29 is 14.5 Å². The Morgan fingerprint density at radius 2 is 2.04 bits per heavy atom. The van der Waals surface area contributed by atoms with Gasteiger partial charge in [0.15, 0.2) is 0 Å². The van der Waals surface area contributed by atoms with Crippen LogP contribution in [-0.4, -0.2) is 26.6 Å². The Bertz CT molecular complexity index is 883. The Kier molecular flexibility index (Phi) is 5.25. The van der Waals surface area contributed by atoms with Crippen LogP contribution in [0.3, 0.4) is 0 Å². The van der Waals surface area contributed by atoms with Crippen LogP contribution in [0.4, 0.5) is 5.69 Å². The molecule has 1 heterocycles. The molecule has 0 bridgehead atoms. The number of carbonyl (C=O) groups is 1. The minimum atomic E-state index is -0.693. The molecule has 0 aliphatic rings. The zero-order valence-corrected chi connectivity index (χ0v) is 12.9. The molecular weight excluding hydrogens is 318 g/mol. The normalized spacial score (nSPS) is 10.4. The highest BCUT2D eigenvalue weighted by Crippen LogP contribution is 2.13. The van der Waals surface area contributed by atoms with Gasteiger partial charge in [0.25, 0.3) is 11.2 Å². The van der Waals surface area contributed by atoms with Crippen molar-refractivity contribution in [3.05, 3.63) is 73.0 Å². The average molecular weight is 333 g/mol. The third-order valence-corrected chi connectivity index (χ3v) is 3.21. The molecule has 126 valence electrons. The van der Waals surface area contributed by atoms with Crippen molar-refractivity contribution in [3.63, 3.8) is 0 Å². The van der Waals surface area contributed by atoms with E-state index < -0.39 is 28.7 Å². The molecule has 2 aromatic rings. The van der Waals surface area contributed by atoms with E-state index in [4.69, 9.17) is 4.74 Å². The van der Waals surface area contributed by atoms with Crippen LogP contribution in [0.15, 0.2) is 46.1 Å². The smallest absolute Gasteiger partial charge is 0.331 e. The minimum Gasteiger partial charge on any atom is -0.465 e. The topological polar surface area (TPSA) is 113 Å². The van der Waals surface area contributed by atoms with E-state index >= 15 is 0 Å². The van der Waals surface area contributed by atoms with Gasteiger partial charge in [-0.3, -0.25) is 24.3 Å². The van der Waals surface area contributed by atoms with Gasteiger partial charge >= 0.3 is 11.7 Å². The highest BCUT2D eigenvalue weighted by molar-refractivity contribution is 5.69. The van der Waals surface area contributed by atoms with E-state index in [1.54, 1.807) is 13.0 Å². The molecule has 2 rings (SSSR count). The summed E-state index contributed by atoms with van der Waals surface area (Å²) < 4.78 is 6.69. The fourth-order valence-corrected chi connectivity index (χ4v) is 2.12. The first-order chi connectivity index (χ1) is 11.4. The summed E-state index contributed by atoms with van der Waals surface area (Å²) in [4.78, 5) is 45.9. The molecule has 0 saturated carbocycles. The molecule has 0 aliphatic carbocycles. The van der Waals surface area contributed by atoms with Gasteiger partial charge in [0.05, 0.1) is 18.1 Å². The molecule has 24 heavy (non-hydrogen) atoms. The number of nitrogens with zero attached hydrogens (tertiary/aromatic N) is 3. The summed E-state index contributed by atoms with van der Waals surface area (Å²) in [7, 11) is 0. The number of nitro groups is 1. The van der Waals surface area contributed by atoms with Gasteiger partial charge in [-0.15, -0.1) is 0 Å². The number of hydrogen-bond donors (Lipinski definition) is 0. The maximum Gasteiger partial charge on any atom is 0.331 e. The first kappa shape index (κ1) is 17.1. The van der Waals surface area contributed by atoms with Crippen molar-refractivity contribution in [2.45, 2.75) is 20.0 Å². The quantitative estimate of drug-likeness (QED) is 0.433. The maximum atomic E-state index is 12.3. The van der Waals surface area contributed by atoms with Crippen LogP contribution in [0, 0.1) is 10.1 Å². The van der Waals surface area contributed by atoms with Crippen molar-refractivity contribution in [2.24, 2.45) is 0 Å². The van der Waals surface area contributed by atoms with Crippen molar-refractivity contribution in [1.82, 2.24) is 9.13 Å². The van der Waals surface area contributed by atoms with Crippen LogP contribution in [0.2, 0.25) is 0 Å². The number of non-ortho nitro benzene ring substituents is 1. The van der Waals surface area contributed by atoms with Gasteiger partial charge in [0.2, 0.25) is 0 Å². The van der Waals surface area contributed by atoms with Gasteiger partial charge in [0.1, 0.15) is 6.54 Å². The lowest BCUT2D eigenvalue weighted by molar-refractivity contribution is -0.384. The number of ether oxygens (including phenoxy) is 1. The highest BCUT2D eigenvalue weighted by atomic mass is 16.6. The highest BCUT2D eigenvalue weighted by Gasteiger charge is 2.12. The number of rotatable bonds is 6. The Balaban J connectivity index is 2.33. The zero-order chi connectivity index (χ0) is 17.7. The van der Waals surface area contributed by atoms with E-state index in [1.807, 2.05) is 0 Å². The van der Waals surface area contributed by atoms with E-state index in [0.29, 0.717) is 5.56 Å². The van der Waals surface area contributed by atoms with Gasteiger partial charge in [-0.25, -0.2) is 9.36 Å². The van der Waals surface area contributed by atoms with Gasteiger partial charge in [0, 0.05) is 24.4 Å². The Morgan fingerprint density at radius 1 is 1.29 bits per heavy atom. The third-order valence-electron chi connectivity index (χ3n) is 3.21. The lowest BCUT2D eigenvalue weighted by Gasteiger charge is -2.09. The molecule has 1 aromatic heterocycles. The molecule has 0 spiro atoms. The first-order valence-corrected chi connectivity index (χ1v) is 7.11. The van der Waals surface area contributed by atoms with Crippen LogP contribution in [0.25, 0.3) is 0 Å². The van der Waals surface area contributed by atoms with Crippen molar-refractivity contribution >= 4 is 11.7 Å². The average Bonchev–Trinajstić information content (AvgIpc) is 2.55. The van der Waals surface area contributed by atoms with Gasteiger partial charge < -0.3 is 4.74 Å². The van der Waals surface area contributed by atoms with E-state index in [0.717, 1.165) is 10.6 Å². The van der Waals surface area contributed by atoms with E-state index in [2.05, 4.69) is 0 Å². The van der Waals surface area contributed by atoms with Crippen LogP contribution in [-0.2, 0) is 22.6 Å². The predicted molar refractivity (Wildman–Crippen MR) is 83.8 cm³/mol. The van der Waals surface area contributed by atoms with Gasteiger partial charge in [-0.05, 0) is 12.5 Å². The predicted octanol–water partition coefficient (Wildman–Crippen LogP) is 0.530. The van der Waals surface area contributed by atoms with Crippen molar-refractivity contribution in [3.8, 4) is 0 Å². The summed E-state index contributed by atoms with van der Waals surface area (Å²) in [6, 6.07) is 6.96. The molecule has 9 heteroatoms. The van der Waals surface area contributed by atoms with Gasteiger partial charge in [-0.2, -0.15) is 0 Å². The summed E-state index contributed by atoms with van der Waals surface area (Å²) >= 11 is 0. The molecule has 0 amide bonds. The summed E-state index contributed by atoms with van der Waals surface area (Å²) in [6.45, 7) is 1.31. The minimum absolute atomic E-state index is 0.0314. The Morgan fingerprint density at radius 3 is 2.71 bits per heavy atom. The van der Waals surface area contributed by atoms with E-state index in [1.165, 1.54) is 29.0 Å². The number of carbonyl (C=O) groups excluding carboxylic acids is 1. The molecule has 0 saturated heterocycles. The molecule has 0 radical (unpaired) electrons. The zero-order valence-electron chi connectivity index (χ0n) is 12.9. The van der Waals surface area contributed by atoms with Crippen LogP contribution >= 0.6 is 0 Å². The van der Waals surface area contributed by atoms with Crippen LogP contribution < -0.4 is 11.2 Å². The Labute approximate surface area is 135 Å². The second-order valence-corrected chi connectivity index (χ2v) is 4.88. The number of esters is 1. The fourth-order valence-electron chi connectivity index (χ4n) is 2.12. The lowest BCUT2D eigenvalue weighted by Crippen LogP contribution is -2.41. The van der Waals surface area contributed by atoms with Crippen LogP contribution in [0.1, 0.15) is 12.5 Å². The molecule has 0 aliphatic heterocycles. The van der Waals surface area contributed by atoms with Crippen molar-refractivity contribution in [1.29, 1.82) is 0 Å². The molecular formula is C15H15N3O6. The van der Waals surface area contributed by atoms with Crippen molar-refractivity contribution in [2.75, 3.05) is 6.61 Å². The fraction of sp³-hybridized carbons (Fsp3) is 0.267. The summed E-state index contributed by atoms with van der Waals surface area (Å²) in [6.07, 6.45) is 1.28. The maximum absolute atomic E-state index is 12.3. The molecule has 9 nitrogen and oxygen atoms in total. The summed E-state index contributed by atoms with van der Waals surface area (Å²) in [5, 5.41) is 10.8. The monoisotopic (exact) mass is 333 g/mol. The van der Waals surface area contributed by atoms with E-state index in [-0.39, 0.29) is 18.8 Å². The SMILES string of the molecule is CCOC(=O)Cn1c(=O)ccn(Cc2cccc([N+](=O)[O-])c2)c1=O. The second-order valence-electron chi connectivity index (χ2n) is 4.88. The number of nitro benzene ring substituents is 1. The number of hydrogen-bond acceptors (Lipinski definition) is 6. The first-order valence-electron chi connectivity index (χ1n) is 7.11. The van der Waals surface area contributed by atoms with Gasteiger partial charge in [-0.1, -0.05) is 12.1 Å². The molecule has 0 unspecified atom stereocenters. The standard InChI is InChI=1S/C15H15N3O6/c1-2-24-14(20)10-17-13(19)6-7-16(15(17)21)9-11-4-3-5-12(8-11)18(22)23/h3-8H,2,9-10H2,1H3. The summed E-state index contributed by atoms with van der Waals surface area (Å²) in [5.74, 6) is -0.690. The second kappa shape index (κ2) is 7.36. The molecule has 0 atom stereocenters. The molecule has 1 aromatic carbocycles. The Hall–Kier alpha value is -3.23. The number of benzene rings is 1. The lowest BCUT2D eigenvalue weighted by atomic mass is 10.2. The van der Waals surface area contributed by atoms with E-state index in [9.17, 15) is 24.5 Å². The molecule has 0 N–H and O–H groups in total. The number of aromatic nitrogens is 2. The molecule has 0 fully saturated rings. The van der Waals surface area contributed by atoms with Crippen LogP contribution in [0.5, 0.6) is 0 Å².